The molecule has 0 bridgehead atoms. The molecule has 0 radical (unpaired) electrons. The highest BCUT2D eigenvalue weighted by atomic mass is 16.5. The first-order valence-electron chi connectivity index (χ1n) is 10.9. The van der Waals surface area contributed by atoms with Crippen molar-refractivity contribution in [2.45, 2.75) is 50.2 Å². The highest BCUT2D eigenvalue weighted by Crippen LogP contribution is 2.44. The average Bonchev–Trinajstić information content (AvgIpc) is 3.58. The van der Waals surface area contributed by atoms with E-state index in [9.17, 15) is 4.79 Å². The van der Waals surface area contributed by atoms with Gasteiger partial charge in [-0.2, -0.15) is 0 Å². The summed E-state index contributed by atoms with van der Waals surface area (Å²) in [6, 6.07) is 14.7. The van der Waals surface area contributed by atoms with E-state index in [1.165, 1.54) is 24.0 Å². The van der Waals surface area contributed by atoms with Crippen LogP contribution in [0.15, 0.2) is 48.7 Å². The fourth-order valence-corrected chi connectivity index (χ4v) is 4.81. The predicted molar refractivity (Wildman–Crippen MR) is 113 cm³/mol. The lowest BCUT2D eigenvalue weighted by atomic mass is 9.78. The van der Waals surface area contributed by atoms with Gasteiger partial charge in [0.15, 0.2) is 0 Å². The van der Waals surface area contributed by atoms with Crippen molar-refractivity contribution in [1.82, 2.24) is 10.3 Å². The molecule has 152 valence electrons. The second-order valence-electron chi connectivity index (χ2n) is 8.72. The summed E-state index contributed by atoms with van der Waals surface area (Å²) in [5.41, 5.74) is 2.36. The molecule has 1 aromatic heterocycles. The van der Waals surface area contributed by atoms with E-state index in [1.807, 2.05) is 18.3 Å². The Bertz CT molecular complexity index is 857. The van der Waals surface area contributed by atoms with Crippen LogP contribution in [0.25, 0.3) is 0 Å². The quantitative estimate of drug-likeness (QED) is 0.848. The summed E-state index contributed by atoms with van der Waals surface area (Å²) in [5.74, 6) is 1.86. The fraction of sp³-hybridized carbons (Fsp3) is 0.500. The van der Waals surface area contributed by atoms with Gasteiger partial charge in [0.25, 0.3) is 0 Å². The number of anilines is 1. The number of nitrogens with zero attached hydrogens (tertiary/aromatic N) is 2. The maximum atomic E-state index is 12.5. The molecular formula is C24H29N3O2. The lowest BCUT2D eigenvalue weighted by molar-refractivity contribution is -0.141. The first-order valence-corrected chi connectivity index (χ1v) is 10.9. The van der Waals surface area contributed by atoms with Gasteiger partial charge in [-0.3, -0.25) is 4.79 Å². The van der Waals surface area contributed by atoms with Gasteiger partial charge in [-0.05, 0) is 61.3 Å². The molecule has 2 fully saturated rings. The van der Waals surface area contributed by atoms with Gasteiger partial charge in [0.05, 0.1) is 18.1 Å². The Kier molecular flexibility index (Phi) is 5.00. The van der Waals surface area contributed by atoms with E-state index >= 15 is 0 Å². The molecular weight excluding hydrogens is 362 g/mol. The number of hydrogen-bond acceptors (Lipinski definition) is 4. The third-order valence-corrected chi connectivity index (χ3v) is 6.59. The van der Waals surface area contributed by atoms with E-state index in [0.717, 1.165) is 44.7 Å². The van der Waals surface area contributed by atoms with Gasteiger partial charge in [-0.25, -0.2) is 4.98 Å². The van der Waals surface area contributed by atoms with Crippen molar-refractivity contribution in [2.75, 3.05) is 24.5 Å². The molecule has 1 atom stereocenters. The Labute approximate surface area is 172 Å². The van der Waals surface area contributed by atoms with Gasteiger partial charge in [0, 0.05) is 25.8 Å². The SMILES string of the molecule is O=C(CC1Cc2ccccc2C2(CCN(c3ccccn3)CC2)O1)NCC1CC1. The number of carbonyl (C=O) groups is 1. The largest absolute Gasteiger partial charge is 0.366 e. The first kappa shape index (κ1) is 18.6. The van der Waals surface area contributed by atoms with Crippen LogP contribution in [-0.2, 0) is 21.6 Å². The van der Waals surface area contributed by atoms with Crippen LogP contribution in [0.5, 0.6) is 0 Å². The number of nitrogens with one attached hydrogen (secondary N) is 1. The van der Waals surface area contributed by atoms with E-state index in [0.29, 0.717) is 12.3 Å². The maximum Gasteiger partial charge on any atom is 0.222 e. The maximum absolute atomic E-state index is 12.5. The Morgan fingerprint density at radius 1 is 1.14 bits per heavy atom. The molecule has 3 aliphatic rings. The topological polar surface area (TPSA) is 54.5 Å². The first-order chi connectivity index (χ1) is 14.2. The van der Waals surface area contributed by atoms with Crippen molar-refractivity contribution in [2.24, 2.45) is 5.92 Å². The van der Waals surface area contributed by atoms with Crippen LogP contribution in [0.2, 0.25) is 0 Å². The molecule has 2 aliphatic heterocycles. The molecule has 2 aromatic rings. The van der Waals surface area contributed by atoms with E-state index in [1.54, 1.807) is 0 Å². The molecule has 5 nitrogen and oxygen atoms in total. The second-order valence-corrected chi connectivity index (χ2v) is 8.72. The molecule has 1 saturated heterocycles. The summed E-state index contributed by atoms with van der Waals surface area (Å²) >= 11 is 0. The average molecular weight is 392 g/mol. The van der Waals surface area contributed by atoms with Gasteiger partial charge in [-0.1, -0.05) is 30.3 Å². The summed E-state index contributed by atoms with van der Waals surface area (Å²) in [5, 5.41) is 3.10. The van der Waals surface area contributed by atoms with Crippen molar-refractivity contribution >= 4 is 11.7 Å². The normalized spacial score (nSPS) is 22.9. The minimum absolute atomic E-state index is 0.0505. The predicted octanol–water partition coefficient (Wildman–Crippen LogP) is 3.43. The molecule has 1 unspecified atom stereocenters. The molecule has 3 heterocycles. The summed E-state index contributed by atoms with van der Waals surface area (Å²) in [4.78, 5) is 19.3. The van der Waals surface area contributed by atoms with E-state index in [4.69, 9.17) is 4.74 Å². The van der Waals surface area contributed by atoms with E-state index in [-0.39, 0.29) is 17.6 Å². The van der Waals surface area contributed by atoms with Crippen LogP contribution in [0.3, 0.4) is 0 Å². The Hall–Kier alpha value is -2.40. The molecule has 1 aromatic carbocycles. The molecule has 1 amide bonds. The monoisotopic (exact) mass is 391 g/mol. The van der Waals surface area contributed by atoms with E-state index in [2.05, 4.69) is 45.5 Å². The number of rotatable bonds is 5. The van der Waals surface area contributed by atoms with Crippen LogP contribution in [0.1, 0.15) is 43.2 Å². The van der Waals surface area contributed by atoms with Crippen LogP contribution >= 0.6 is 0 Å². The summed E-state index contributed by atoms with van der Waals surface area (Å²) in [6.45, 7) is 2.64. The van der Waals surface area contributed by atoms with Gasteiger partial charge < -0.3 is 15.0 Å². The fourth-order valence-electron chi connectivity index (χ4n) is 4.81. The standard InChI is InChI=1S/C24H29N3O2/c28-23(26-17-18-8-9-18)16-20-15-19-5-1-2-6-21(19)24(29-20)10-13-27(14-11-24)22-7-3-4-12-25-22/h1-7,12,18,20H,8-11,13-17H2,(H,26,28). The van der Waals surface area contributed by atoms with Gasteiger partial charge >= 0.3 is 0 Å². The molecule has 1 saturated carbocycles. The van der Waals surface area contributed by atoms with Crippen LogP contribution in [-0.4, -0.2) is 36.6 Å². The third kappa shape index (κ3) is 4.01. The number of benzene rings is 1. The lowest BCUT2D eigenvalue weighted by Crippen LogP contribution is -2.49. The second kappa shape index (κ2) is 7.79. The number of fused-ring (bicyclic) bond motifs is 2. The van der Waals surface area contributed by atoms with Crippen LogP contribution in [0, 0.1) is 5.92 Å². The number of carbonyl (C=O) groups excluding carboxylic acids is 1. The molecule has 29 heavy (non-hydrogen) atoms. The molecule has 1 aliphatic carbocycles. The molecule has 5 rings (SSSR count). The Morgan fingerprint density at radius 2 is 1.93 bits per heavy atom. The van der Waals surface area contributed by atoms with Crippen molar-refractivity contribution < 1.29 is 9.53 Å². The molecule has 5 heteroatoms. The van der Waals surface area contributed by atoms with Crippen LogP contribution < -0.4 is 10.2 Å². The number of amides is 1. The summed E-state index contributed by atoms with van der Waals surface area (Å²) in [7, 11) is 0. The van der Waals surface area contributed by atoms with Crippen molar-refractivity contribution in [3.8, 4) is 0 Å². The minimum atomic E-state index is -0.290. The lowest BCUT2D eigenvalue weighted by Gasteiger charge is -2.47. The number of pyridine rings is 1. The van der Waals surface area contributed by atoms with Crippen molar-refractivity contribution in [3.63, 3.8) is 0 Å². The molecule has 1 spiro atoms. The van der Waals surface area contributed by atoms with Gasteiger partial charge in [0.2, 0.25) is 5.91 Å². The van der Waals surface area contributed by atoms with Crippen LogP contribution in [0.4, 0.5) is 5.82 Å². The van der Waals surface area contributed by atoms with Gasteiger partial charge in [-0.15, -0.1) is 0 Å². The van der Waals surface area contributed by atoms with Crippen molar-refractivity contribution in [1.29, 1.82) is 0 Å². The smallest absolute Gasteiger partial charge is 0.222 e. The van der Waals surface area contributed by atoms with E-state index < -0.39 is 0 Å². The number of hydrogen-bond donors (Lipinski definition) is 1. The number of piperidine rings is 1. The highest BCUT2D eigenvalue weighted by molar-refractivity contribution is 5.76. The third-order valence-electron chi connectivity index (χ3n) is 6.59. The highest BCUT2D eigenvalue weighted by Gasteiger charge is 2.44. The minimum Gasteiger partial charge on any atom is -0.366 e. The molecule has 1 N–H and O–H groups in total. The zero-order valence-electron chi connectivity index (χ0n) is 16.8. The van der Waals surface area contributed by atoms with Crippen molar-refractivity contribution in [3.05, 3.63) is 59.8 Å². The zero-order valence-corrected chi connectivity index (χ0v) is 16.8. The Morgan fingerprint density at radius 3 is 2.69 bits per heavy atom. The Balaban J connectivity index is 1.31. The number of aromatic nitrogens is 1. The number of ether oxygens (including phenoxy) is 1. The summed E-state index contributed by atoms with van der Waals surface area (Å²) < 4.78 is 6.71. The van der Waals surface area contributed by atoms with Gasteiger partial charge in [0.1, 0.15) is 5.82 Å². The summed E-state index contributed by atoms with van der Waals surface area (Å²) in [6.07, 6.45) is 7.41. The zero-order chi connectivity index (χ0) is 19.7.